The first-order valence-electron chi connectivity index (χ1n) is 5.08. The molecule has 1 fully saturated rings. The molecule has 1 heterocycles. The second kappa shape index (κ2) is 3.77. The number of rotatable bonds is 2. The van der Waals surface area contributed by atoms with Crippen molar-refractivity contribution in [1.82, 2.24) is 9.80 Å². The van der Waals surface area contributed by atoms with Gasteiger partial charge in [0.05, 0.1) is 0 Å². The molecule has 4 heteroatoms. The van der Waals surface area contributed by atoms with Crippen LogP contribution >= 0.6 is 0 Å². The van der Waals surface area contributed by atoms with Crippen molar-refractivity contribution in [3.63, 3.8) is 0 Å². The Hall–Kier alpha value is -0.770. The first-order valence-corrected chi connectivity index (χ1v) is 5.08. The number of hydrogen-bond acceptors (Lipinski definition) is 2. The van der Waals surface area contributed by atoms with Crippen LogP contribution in [0.4, 0.5) is 4.79 Å². The standard InChI is InChI=1S/C10H21N3O/c1-10(2,11)7-8-5-6-13(8)9(14)12(3)4/h8H,5-7,11H2,1-4H3. The average Bonchev–Trinajstić information content (AvgIpc) is 1.96. The Bertz CT molecular complexity index is 220. The second-order valence-electron chi connectivity index (χ2n) is 5.01. The highest BCUT2D eigenvalue weighted by atomic mass is 16.2. The van der Waals surface area contributed by atoms with E-state index in [1.165, 1.54) is 0 Å². The summed E-state index contributed by atoms with van der Waals surface area (Å²) < 4.78 is 0. The maximum atomic E-state index is 11.6. The van der Waals surface area contributed by atoms with Crippen LogP contribution in [0.15, 0.2) is 0 Å². The molecule has 1 aliphatic heterocycles. The molecule has 14 heavy (non-hydrogen) atoms. The number of amides is 2. The predicted molar refractivity (Wildman–Crippen MR) is 57.1 cm³/mol. The summed E-state index contributed by atoms with van der Waals surface area (Å²) in [5.74, 6) is 0. The molecule has 0 aromatic heterocycles. The first kappa shape index (κ1) is 11.3. The van der Waals surface area contributed by atoms with E-state index >= 15 is 0 Å². The summed E-state index contributed by atoms with van der Waals surface area (Å²) in [5, 5.41) is 0. The minimum Gasteiger partial charge on any atom is -0.331 e. The number of likely N-dealkylation sites (tertiary alicyclic amines) is 1. The first-order chi connectivity index (χ1) is 6.31. The van der Waals surface area contributed by atoms with E-state index in [2.05, 4.69) is 0 Å². The Labute approximate surface area is 86.0 Å². The summed E-state index contributed by atoms with van der Waals surface area (Å²) in [6.45, 7) is 4.88. The van der Waals surface area contributed by atoms with Crippen LogP contribution in [0.1, 0.15) is 26.7 Å². The van der Waals surface area contributed by atoms with Crippen LogP contribution in [0.2, 0.25) is 0 Å². The Kier molecular flexibility index (Phi) is 3.04. The smallest absolute Gasteiger partial charge is 0.319 e. The molecule has 82 valence electrons. The molecule has 2 N–H and O–H groups in total. The summed E-state index contributed by atoms with van der Waals surface area (Å²) in [6.07, 6.45) is 1.97. The Morgan fingerprint density at radius 2 is 2.14 bits per heavy atom. The fraction of sp³-hybridized carbons (Fsp3) is 0.900. The number of hydrogen-bond donors (Lipinski definition) is 1. The lowest BCUT2D eigenvalue weighted by atomic mass is 9.89. The summed E-state index contributed by atoms with van der Waals surface area (Å²) in [6, 6.07) is 0.440. The van der Waals surface area contributed by atoms with E-state index in [0.29, 0.717) is 6.04 Å². The largest absolute Gasteiger partial charge is 0.331 e. The van der Waals surface area contributed by atoms with Gasteiger partial charge in [0.15, 0.2) is 0 Å². The van der Waals surface area contributed by atoms with Crippen LogP contribution in [0.3, 0.4) is 0 Å². The lowest BCUT2D eigenvalue weighted by Gasteiger charge is -2.44. The molecule has 0 aromatic carbocycles. The molecule has 1 aliphatic rings. The summed E-state index contributed by atoms with van der Waals surface area (Å²) in [5.41, 5.74) is 5.75. The SMILES string of the molecule is CN(C)C(=O)N1CCC1CC(C)(C)N. The molecule has 2 amide bonds. The molecule has 1 saturated heterocycles. The number of carbonyl (C=O) groups excluding carboxylic acids is 1. The lowest BCUT2D eigenvalue weighted by Crippen LogP contribution is -2.57. The molecule has 0 saturated carbocycles. The van der Waals surface area contributed by atoms with Crippen molar-refractivity contribution < 1.29 is 4.79 Å². The molecule has 0 aliphatic carbocycles. The second-order valence-corrected chi connectivity index (χ2v) is 5.01. The average molecular weight is 199 g/mol. The van der Waals surface area contributed by atoms with Crippen LogP contribution in [0, 0.1) is 0 Å². The van der Waals surface area contributed by atoms with Gasteiger partial charge in [-0.3, -0.25) is 0 Å². The fourth-order valence-corrected chi connectivity index (χ4v) is 1.77. The Morgan fingerprint density at radius 3 is 2.43 bits per heavy atom. The quantitative estimate of drug-likeness (QED) is 0.717. The molecule has 0 spiro atoms. The van der Waals surface area contributed by atoms with Crippen LogP contribution in [-0.4, -0.2) is 48.1 Å². The molecule has 0 radical (unpaired) electrons. The van der Waals surface area contributed by atoms with Crippen molar-refractivity contribution in [2.75, 3.05) is 20.6 Å². The number of urea groups is 1. The van der Waals surface area contributed by atoms with Crippen molar-refractivity contribution in [2.45, 2.75) is 38.3 Å². The van der Waals surface area contributed by atoms with Crippen molar-refractivity contribution in [3.8, 4) is 0 Å². The maximum Gasteiger partial charge on any atom is 0.319 e. The van der Waals surface area contributed by atoms with Gasteiger partial charge in [-0.05, 0) is 26.7 Å². The summed E-state index contributed by atoms with van der Waals surface area (Å²) in [7, 11) is 3.57. The van der Waals surface area contributed by atoms with Gasteiger partial charge in [0.2, 0.25) is 0 Å². The molecule has 0 bridgehead atoms. The molecular formula is C10H21N3O. The van der Waals surface area contributed by atoms with E-state index in [-0.39, 0.29) is 11.6 Å². The van der Waals surface area contributed by atoms with Crippen LogP contribution in [0.5, 0.6) is 0 Å². The van der Waals surface area contributed by atoms with E-state index in [1.54, 1.807) is 19.0 Å². The number of nitrogens with two attached hydrogens (primary N) is 1. The monoisotopic (exact) mass is 199 g/mol. The van der Waals surface area contributed by atoms with Crippen molar-refractivity contribution >= 4 is 6.03 Å². The van der Waals surface area contributed by atoms with Crippen LogP contribution in [0.25, 0.3) is 0 Å². The normalized spacial score (nSPS) is 21.8. The minimum atomic E-state index is -0.185. The van der Waals surface area contributed by atoms with Crippen molar-refractivity contribution in [3.05, 3.63) is 0 Å². The van der Waals surface area contributed by atoms with Crippen LogP contribution in [-0.2, 0) is 0 Å². The number of nitrogens with zero attached hydrogens (tertiary/aromatic N) is 2. The van der Waals surface area contributed by atoms with E-state index in [9.17, 15) is 4.79 Å². The van der Waals surface area contributed by atoms with Crippen LogP contribution < -0.4 is 5.73 Å². The number of carbonyl (C=O) groups is 1. The van der Waals surface area contributed by atoms with Gasteiger partial charge in [-0.15, -0.1) is 0 Å². The summed E-state index contributed by atoms with van der Waals surface area (Å²) in [4.78, 5) is 15.2. The third-order valence-corrected chi connectivity index (χ3v) is 2.53. The molecule has 4 nitrogen and oxygen atoms in total. The van der Waals surface area contributed by atoms with Crippen molar-refractivity contribution in [1.29, 1.82) is 0 Å². The highest BCUT2D eigenvalue weighted by Crippen LogP contribution is 2.25. The zero-order chi connectivity index (χ0) is 10.9. The molecular weight excluding hydrogens is 178 g/mol. The van der Waals surface area contributed by atoms with Gasteiger partial charge in [-0.25, -0.2) is 4.79 Å². The van der Waals surface area contributed by atoms with Crippen molar-refractivity contribution in [2.24, 2.45) is 5.73 Å². The highest BCUT2D eigenvalue weighted by Gasteiger charge is 2.35. The third kappa shape index (κ3) is 2.61. The van der Waals surface area contributed by atoms with E-state index in [1.807, 2.05) is 18.7 Å². The Morgan fingerprint density at radius 1 is 1.57 bits per heavy atom. The zero-order valence-corrected chi connectivity index (χ0v) is 9.58. The van der Waals surface area contributed by atoms with Gasteiger partial charge in [0.25, 0.3) is 0 Å². The molecule has 1 atom stereocenters. The molecule has 1 unspecified atom stereocenters. The third-order valence-electron chi connectivity index (χ3n) is 2.53. The van der Waals surface area contributed by atoms with Gasteiger partial charge in [-0.1, -0.05) is 0 Å². The summed E-state index contributed by atoms with van der Waals surface area (Å²) >= 11 is 0. The topological polar surface area (TPSA) is 49.6 Å². The zero-order valence-electron chi connectivity index (χ0n) is 9.58. The van der Waals surface area contributed by atoms with E-state index in [4.69, 9.17) is 5.73 Å². The van der Waals surface area contributed by atoms with Gasteiger partial charge >= 0.3 is 6.03 Å². The minimum absolute atomic E-state index is 0.102. The Balaban J connectivity index is 2.47. The van der Waals surface area contributed by atoms with Gasteiger partial charge < -0.3 is 15.5 Å². The van der Waals surface area contributed by atoms with Gasteiger partial charge in [0, 0.05) is 32.2 Å². The fourth-order valence-electron chi connectivity index (χ4n) is 1.77. The van der Waals surface area contributed by atoms with Gasteiger partial charge in [0.1, 0.15) is 0 Å². The lowest BCUT2D eigenvalue weighted by molar-refractivity contribution is 0.0804. The predicted octanol–water partition coefficient (Wildman–Crippen LogP) is 0.870. The molecule has 0 aromatic rings. The molecule has 1 rings (SSSR count). The maximum absolute atomic E-state index is 11.6. The highest BCUT2D eigenvalue weighted by molar-refractivity contribution is 5.75. The van der Waals surface area contributed by atoms with E-state index in [0.717, 1.165) is 19.4 Å². The van der Waals surface area contributed by atoms with Gasteiger partial charge in [-0.2, -0.15) is 0 Å². The van der Waals surface area contributed by atoms with E-state index < -0.39 is 0 Å².